The lowest BCUT2D eigenvalue weighted by molar-refractivity contribution is 0.489. The van der Waals surface area contributed by atoms with Crippen molar-refractivity contribution in [3.05, 3.63) is 45.1 Å². The third-order valence-electron chi connectivity index (χ3n) is 5.78. The fraction of sp³-hybridized carbons (Fsp3) is 0.429. The van der Waals surface area contributed by atoms with Crippen LogP contribution in [0.3, 0.4) is 0 Å². The zero-order valence-corrected chi connectivity index (χ0v) is 18.4. The maximum absolute atomic E-state index is 13.0. The topological polar surface area (TPSA) is 91.1 Å². The number of aryl methyl sites for hydroxylation is 2. The van der Waals surface area contributed by atoms with Gasteiger partial charge < -0.3 is 13.9 Å². The minimum Gasteiger partial charge on any atom is -0.431 e. The number of hydrogen-bond acceptors (Lipinski definition) is 7. The average molecular weight is 441 g/mol. The lowest BCUT2D eigenvalue weighted by Gasteiger charge is -2.28. The number of oxazole rings is 1. The summed E-state index contributed by atoms with van der Waals surface area (Å²) in [5.74, 6) is 1.41. The van der Waals surface area contributed by atoms with Crippen molar-refractivity contribution in [1.82, 2.24) is 23.7 Å². The predicted molar refractivity (Wildman–Crippen MR) is 121 cm³/mol. The normalized spacial score (nSPS) is 14.7. The molecule has 1 aromatic carbocycles. The number of thioether (sulfide) groups is 1. The summed E-state index contributed by atoms with van der Waals surface area (Å²) < 4.78 is 10.4. The van der Waals surface area contributed by atoms with E-state index in [2.05, 4.69) is 9.88 Å². The Morgan fingerprint density at radius 1 is 1.03 bits per heavy atom. The third-order valence-corrected chi connectivity index (χ3v) is 6.59. The highest BCUT2D eigenvalue weighted by Crippen LogP contribution is 2.26. The van der Waals surface area contributed by atoms with E-state index in [4.69, 9.17) is 9.40 Å². The van der Waals surface area contributed by atoms with Gasteiger partial charge in [0, 0.05) is 39.5 Å². The highest BCUT2D eigenvalue weighted by Gasteiger charge is 2.23. The highest BCUT2D eigenvalue weighted by atomic mass is 32.2. The molecule has 3 aromatic heterocycles. The molecule has 0 saturated carbocycles. The third kappa shape index (κ3) is 3.44. The SMILES string of the molecule is Cn1c(=O)c2c(nc(N3CCCCC3)n2CCSc2nc3ccccc3o2)n(C)c1=O. The van der Waals surface area contributed by atoms with Gasteiger partial charge in [-0.1, -0.05) is 23.9 Å². The molecule has 1 saturated heterocycles. The molecule has 0 atom stereocenters. The molecule has 0 spiro atoms. The minimum absolute atomic E-state index is 0.319. The summed E-state index contributed by atoms with van der Waals surface area (Å²) in [6.07, 6.45) is 3.39. The molecule has 0 aliphatic carbocycles. The standard InChI is InChI=1S/C21H24N6O3S/c1-24-17-16(18(28)25(2)21(24)29)27(19(23-17)26-10-6-3-7-11-26)12-13-31-20-22-14-8-4-5-9-15(14)30-20/h4-5,8-9H,3,6-7,10-13H2,1-2H3. The molecular formula is C21H24N6O3S. The van der Waals surface area contributed by atoms with Gasteiger partial charge in [-0.3, -0.25) is 13.9 Å². The lowest BCUT2D eigenvalue weighted by Crippen LogP contribution is -2.37. The fourth-order valence-electron chi connectivity index (χ4n) is 4.12. The van der Waals surface area contributed by atoms with Gasteiger partial charge in [-0.25, -0.2) is 9.78 Å². The molecule has 5 rings (SSSR count). The van der Waals surface area contributed by atoms with Crippen LogP contribution >= 0.6 is 11.8 Å². The first kappa shape index (κ1) is 19.9. The van der Waals surface area contributed by atoms with Gasteiger partial charge in [0.1, 0.15) is 5.52 Å². The molecule has 162 valence electrons. The van der Waals surface area contributed by atoms with Gasteiger partial charge in [-0.05, 0) is 31.4 Å². The van der Waals surface area contributed by atoms with Gasteiger partial charge >= 0.3 is 5.69 Å². The number of hydrogen-bond donors (Lipinski definition) is 0. The van der Waals surface area contributed by atoms with Crippen LogP contribution in [0.25, 0.3) is 22.3 Å². The van der Waals surface area contributed by atoms with Crippen LogP contribution in [-0.4, -0.2) is 42.5 Å². The van der Waals surface area contributed by atoms with Crippen molar-refractivity contribution in [1.29, 1.82) is 0 Å². The predicted octanol–water partition coefficient (Wildman–Crippen LogP) is 2.36. The minimum atomic E-state index is -0.367. The van der Waals surface area contributed by atoms with Gasteiger partial charge in [-0.15, -0.1) is 0 Å². The van der Waals surface area contributed by atoms with Crippen molar-refractivity contribution in [2.75, 3.05) is 23.7 Å². The molecule has 1 aliphatic rings. The zero-order chi connectivity index (χ0) is 21.5. The van der Waals surface area contributed by atoms with Crippen LogP contribution in [0.2, 0.25) is 0 Å². The van der Waals surface area contributed by atoms with E-state index in [9.17, 15) is 9.59 Å². The van der Waals surface area contributed by atoms with Gasteiger partial charge in [-0.2, -0.15) is 4.98 Å². The number of imidazole rings is 1. The molecule has 1 fully saturated rings. The van der Waals surface area contributed by atoms with E-state index >= 15 is 0 Å². The molecule has 31 heavy (non-hydrogen) atoms. The van der Waals surface area contributed by atoms with Crippen LogP contribution in [0, 0.1) is 0 Å². The smallest absolute Gasteiger partial charge is 0.332 e. The zero-order valence-electron chi connectivity index (χ0n) is 17.6. The number of nitrogens with zero attached hydrogens (tertiary/aromatic N) is 6. The van der Waals surface area contributed by atoms with Crippen molar-refractivity contribution < 1.29 is 4.42 Å². The summed E-state index contributed by atoms with van der Waals surface area (Å²) >= 11 is 1.50. The van der Waals surface area contributed by atoms with Crippen molar-refractivity contribution >= 4 is 40.0 Å². The fourth-order valence-corrected chi connectivity index (χ4v) is 4.88. The summed E-state index contributed by atoms with van der Waals surface area (Å²) in [6.45, 7) is 2.35. The van der Waals surface area contributed by atoms with E-state index in [1.165, 1.54) is 29.8 Å². The second-order valence-electron chi connectivity index (χ2n) is 7.79. The first-order valence-electron chi connectivity index (χ1n) is 10.4. The number of para-hydroxylation sites is 2. The quantitative estimate of drug-likeness (QED) is 0.440. The maximum Gasteiger partial charge on any atom is 0.332 e. The van der Waals surface area contributed by atoms with Crippen molar-refractivity contribution in [3.63, 3.8) is 0 Å². The van der Waals surface area contributed by atoms with Gasteiger partial charge in [0.2, 0.25) is 5.95 Å². The molecular weight excluding hydrogens is 416 g/mol. The van der Waals surface area contributed by atoms with Crippen LogP contribution < -0.4 is 16.1 Å². The Labute approximate surface area is 182 Å². The molecule has 10 heteroatoms. The highest BCUT2D eigenvalue weighted by molar-refractivity contribution is 7.99. The van der Waals surface area contributed by atoms with E-state index in [0.29, 0.717) is 28.7 Å². The Bertz CT molecular complexity index is 1340. The maximum atomic E-state index is 13.0. The lowest BCUT2D eigenvalue weighted by atomic mass is 10.1. The van der Waals surface area contributed by atoms with E-state index in [-0.39, 0.29) is 11.2 Å². The van der Waals surface area contributed by atoms with Crippen molar-refractivity contribution in [2.24, 2.45) is 14.1 Å². The molecule has 0 radical (unpaired) electrons. The van der Waals surface area contributed by atoms with Gasteiger partial charge in [0.25, 0.3) is 10.8 Å². The molecule has 0 bridgehead atoms. The molecule has 4 heterocycles. The molecule has 0 N–H and O–H groups in total. The van der Waals surface area contributed by atoms with E-state index in [1.807, 2.05) is 28.8 Å². The summed E-state index contributed by atoms with van der Waals surface area (Å²) in [6, 6.07) is 7.67. The first-order chi connectivity index (χ1) is 15.0. The van der Waals surface area contributed by atoms with Crippen LogP contribution in [0.5, 0.6) is 0 Å². The van der Waals surface area contributed by atoms with Gasteiger partial charge in [0.05, 0.1) is 0 Å². The number of rotatable bonds is 5. The molecule has 1 aliphatic heterocycles. The molecule has 0 unspecified atom stereocenters. The monoisotopic (exact) mass is 440 g/mol. The molecule has 4 aromatic rings. The largest absolute Gasteiger partial charge is 0.431 e. The van der Waals surface area contributed by atoms with Gasteiger partial charge in [0.15, 0.2) is 16.7 Å². The van der Waals surface area contributed by atoms with Crippen molar-refractivity contribution in [3.8, 4) is 0 Å². The summed E-state index contributed by atoms with van der Waals surface area (Å²) in [7, 11) is 3.17. The summed E-state index contributed by atoms with van der Waals surface area (Å²) in [5.41, 5.74) is 1.80. The van der Waals surface area contributed by atoms with E-state index in [0.717, 1.165) is 47.5 Å². The van der Waals surface area contributed by atoms with Crippen LogP contribution in [0.15, 0.2) is 43.5 Å². The Kier molecular flexibility index (Phi) is 5.09. The second kappa shape index (κ2) is 7.92. The Balaban J connectivity index is 1.52. The number of piperidine rings is 1. The Hall–Kier alpha value is -3.01. The average Bonchev–Trinajstić information content (AvgIpc) is 3.38. The number of benzene rings is 1. The van der Waals surface area contributed by atoms with Crippen LogP contribution in [0.4, 0.5) is 5.95 Å². The van der Waals surface area contributed by atoms with Crippen molar-refractivity contribution in [2.45, 2.75) is 31.0 Å². The summed E-state index contributed by atoms with van der Waals surface area (Å²) in [5, 5.41) is 0.602. The number of fused-ring (bicyclic) bond motifs is 2. The molecule has 0 amide bonds. The molecule has 9 nitrogen and oxygen atoms in total. The van der Waals surface area contributed by atoms with E-state index < -0.39 is 0 Å². The van der Waals surface area contributed by atoms with Crippen LogP contribution in [-0.2, 0) is 20.6 Å². The first-order valence-corrected chi connectivity index (χ1v) is 11.4. The Morgan fingerprint density at radius 3 is 2.58 bits per heavy atom. The number of aromatic nitrogens is 5. The second-order valence-corrected chi connectivity index (χ2v) is 8.83. The van der Waals surface area contributed by atoms with Crippen LogP contribution in [0.1, 0.15) is 19.3 Å². The Morgan fingerprint density at radius 2 is 1.81 bits per heavy atom. The number of anilines is 1. The summed E-state index contributed by atoms with van der Waals surface area (Å²) in [4.78, 5) is 36.9. The van der Waals surface area contributed by atoms with E-state index in [1.54, 1.807) is 7.05 Å².